The SMILES string of the molecule is COc1cccc(-c2cc(CNCc3cc4ccccc4[nH]c3=O)no2)c1. The highest BCUT2D eigenvalue weighted by molar-refractivity contribution is 5.78. The standard InChI is InChI=1S/C21H19N3O3/c1-26-18-7-4-6-15(10-18)20-11-17(24-27-20)13-22-12-16-9-14-5-2-3-8-19(14)23-21(16)25/h2-11,22H,12-13H2,1H3,(H,23,25). The molecule has 27 heavy (non-hydrogen) atoms. The Morgan fingerprint density at radius 1 is 1.07 bits per heavy atom. The number of fused-ring (bicyclic) bond motifs is 1. The molecule has 6 heteroatoms. The summed E-state index contributed by atoms with van der Waals surface area (Å²) in [5.41, 5.74) is 3.11. The molecule has 0 atom stereocenters. The number of nitrogens with one attached hydrogen (secondary N) is 2. The Morgan fingerprint density at radius 3 is 2.85 bits per heavy atom. The molecule has 0 aliphatic heterocycles. The molecule has 2 heterocycles. The van der Waals surface area contributed by atoms with Gasteiger partial charge in [-0.25, -0.2) is 0 Å². The Bertz CT molecular complexity index is 1130. The van der Waals surface area contributed by atoms with Gasteiger partial charge in [0.1, 0.15) is 5.75 Å². The minimum atomic E-state index is -0.0848. The summed E-state index contributed by atoms with van der Waals surface area (Å²) in [7, 11) is 1.63. The molecule has 0 fully saturated rings. The van der Waals surface area contributed by atoms with Crippen molar-refractivity contribution >= 4 is 10.9 Å². The van der Waals surface area contributed by atoms with Crippen LogP contribution in [0.3, 0.4) is 0 Å². The summed E-state index contributed by atoms with van der Waals surface area (Å²) in [5.74, 6) is 1.44. The maximum atomic E-state index is 12.2. The lowest BCUT2D eigenvalue weighted by molar-refractivity contribution is 0.411. The highest BCUT2D eigenvalue weighted by Crippen LogP contribution is 2.24. The highest BCUT2D eigenvalue weighted by Gasteiger charge is 2.08. The zero-order valence-corrected chi connectivity index (χ0v) is 14.9. The molecule has 0 bridgehead atoms. The van der Waals surface area contributed by atoms with E-state index in [4.69, 9.17) is 9.26 Å². The van der Waals surface area contributed by atoms with Gasteiger partial charge in [0.15, 0.2) is 5.76 Å². The van der Waals surface area contributed by atoms with Gasteiger partial charge in [0.2, 0.25) is 0 Å². The van der Waals surface area contributed by atoms with Crippen LogP contribution in [0.4, 0.5) is 0 Å². The average Bonchev–Trinajstić information content (AvgIpc) is 3.17. The van der Waals surface area contributed by atoms with Gasteiger partial charge in [-0.05, 0) is 29.7 Å². The fourth-order valence-electron chi connectivity index (χ4n) is 2.96. The Labute approximate surface area is 155 Å². The zero-order valence-electron chi connectivity index (χ0n) is 14.9. The molecule has 6 nitrogen and oxygen atoms in total. The molecular formula is C21H19N3O3. The van der Waals surface area contributed by atoms with Gasteiger partial charge in [-0.3, -0.25) is 4.79 Å². The molecule has 0 saturated carbocycles. The van der Waals surface area contributed by atoms with Crippen LogP contribution in [0.2, 0.25) is 0 Å². The number of rotatable bonds is 6. The first-order chi connectivity index (χ1) is 13.2. The molecule has 0 aliphatic carbocycles. The minimum Gasteiger partial charge on any atom is -0.497 e. The number of para-hydroxylation sites is 1. The van der Waals surface area contributed by atoms with Crippen molar-refractivity contribution in [2.45, 2.75) is 13.1 Å². The summed E-state index contributed by atoms with van der Waals surface area (Å²) in [5, 5.41) is 8.34. The fraction of sp³-hybridized carbons (Fsp3) is 0.143. The number of nitrogens with zero attached hydrogens (tertiary/aromatic N) is 1. The van der Waals surface area contributed by atoms with Crippen molar-refractivity contribution in [3.63, 3.8) is 0 Å². The predicted octanol–water partition coefficient (Wildman–Crippen LogP) is 3.48. The number of aromatic amines is 1. The smallest absolute Gasteiger partial charge is 0.252 e. The lowest BCUT2D eigenvalue weighted by Gasteiger charge is -2.04. The van der Waals surface area contributed by atoms with Crippen LogP contribution < -0.4 is 15.6 Å². The minimum absolute atomic E-state index is 0.0848. The topological polar surface area (TPSA) is 80.1 Å². The van der Waals surface area contributed by atoms with E-state index < -0.39 is 0 Å². The van der Waals surface area contributed by atoms with Crippen molar-refractivity contribution in [1.82, 2.24) is 15.5 Å². The third kappa shape index (κ3) is 3.75. The van der Waals surface area contributed by atoms with Crippen LogP contribution >= 0.6 is 0 Å². The quantitative estimate of drug-likeness (QED) is 0.550. The Kier molecular flexibility index (Phi) is 4.72. The van der Waals surface area contributed by atoms with Crippen LogP contribution in [0.15, 0.2) is 70.0 Å². The van der Waals surface area contributed by atoms with Gasteiger partial charge in [-0.1, -0.05) is 35.5 Å². The largest absolute Gasteiger partial charge is 0.497 e. The fourth-order valence-corrected chi connectivity index (χ4v) is 2.96. The normalized spacial score (nSPS) is 11.0. The van der Waals surface area contributed by atoms with Crippen LogP contribution in [0.1, 0.15) is 11.3 Å². The van der Waals surface area contributed by atoms with Crippen molar-refractivity contribution in [3.05, 3.63) is 82.3 Å². The van der Waals surface area contributed by atoms with E-state index >= 15 is 0 Å². The molecular weight excluding hydrogens is 342 g/mol. The van der Waals surface area contributed by atoms with Gasteiger partial charge in [-0.2, -0.15) is 0 Å². The second kappa shape index (κ2) is 7.47. The van der Waals surface area contributed by atoms with Gasteiger partial charge in [0.25, 0.3) is 5.56 Å². The van der Waals surface area contributed by atoms with E-state index in [1.807, 2.05) is 60.7 Å². The van der Waals surface area contributed by atoms with Crippen LogP contribution in [-0.2, 0) is 13.1 Å². The molecule has 0 aliphatic rings. The number of benzene rings is 2. The number of ether oxygens (including phenoxy) is 1. The van der Waals surface area contributed by atoms with Crippen molar-refractivity contribution in [3.8, 4) is 17.1 Å². The molecule has 0 spiro atoms. The van der Waals surface area contributed by atoms with E-state index in [1.165, 1.54) is 0 Å². The third-order valence-corrected chi connectivity index (χ3v) is 4.37. The number of hydrogen-bond acceptors (Lipinski definition) is 5. The molecule has 2 N–H and O–H groups in total. The average molecular weight is 361 g/mol. The van der Waals surface area contributed by atoms with Crippen molar-refractivity contribution < 1.29 is 9.26 Å². The predicted molar refractivity (Wildman–Crippen MR) is 104 cm³/mol. The molecule has 2 aromatic heterocycles. The van der Waals surface area contributed by atoms with E-state index in [0.29, 0.717) is 24.4 Å². The van der Waals surface area contributed by atoms with Gasteiger partial charge >= 0.3 is 0 Å². The first kappa shape index (κ1) is 17.1. The maximum Gasteiger partial charge on any atom is 0.252 e. The van der Waals surface area contributed by atoms with Gasteiger partial charge in [0, 0.05) is 35.8 Å². The monoisotopic (exact) mass is 361 g/mol. The van der Waals surface area contributed by atoms with E-state index in [-0.39, 0.29) is 5.56 Å². The number of hydrogen-bond donors (Lipinski definition) is 2. The maximum absolute atomic E-state index is 12.2. The molecule has 0 saturated heterocycles. The summed E-state index contributed by atoms with van der Waals surface area (Å²) in [4.78, 5) is 15.1. The Balaban J connectivity index is 1.43. The summed E-state index contributed by atoms with van der Waals surface area (Å²) in [6.07, 6.45) is 0. The first-order valence-corrected chi connectivity index (χ1v) is 8.64. The summed E-state index contributed by atoms with van der Waals surface area (Å²) < 4.78 is 10.7. The number of H-pyrrole nitrogens is 1. The summed E-state index contributed by atoms with van der Waals surface area (Å²) in [6.45, 7) is 0.946. The molecule has 2 aromatic carbocycles. The lowest BCUT2D eigenvalue weighted by atomic mass is 10.1. The second-order valence-electron chi connectivity index (χ2n) is 6.23. The highest BCUT2D eigenvalue weighted by atomic mass is 16.5. The Morgan fingerprint density at radius 2 is 1.96 bits per heavy atom. The number of pyridine rings is 1. The molecule has 4 rings (SSSR count). The van der Waals surface area contributed by atoms with Crippen molar-refractivity contribution in [2.75, 3.05) is 7.11 Å². The molecule has 0 radical (unpaired) electrons. The summed E-state index contributed by atoms with van der Waals surface area (Å²) in [6, 6.07) is 19.1. The van der Waals surface area contributed by atoms with Crippen LogP contribution in [0, 0.1) is 0 Å². The van der Waals surface area contributed by atoms with Crippen molar-refractivity contribution in [2.24, 2.45) is 0 Å². The first-order valence-electron chi connectivity index (χ1n) is 8.64. The van der Waals surface area contributed by atoms with Crippen molar-refractivity contribution in [1.29, 1.82) is 0 Å². The summed E-state index contributed by atoms with van der Waals surface area (Å²) >= 11 is 0. The molecule has 136 valence electrons. The van der Waals surface area contributed by atoms with E-state index in [2.05, 4.69) is 15.5 Å². The van der Waals surface area contributed by atoms with Gasteiger partial charge < -0.3 is 19.6 Å². The van der Waals surface area contributed by atoms with Crippen LogP contribution in [0.5, 0.6) is 5.75 Å². The van der Waals surface area contributed by atoms with E-state index in [9.17, 15) is 4.79 Å². The third-order valence-electron chi connectivity index (χ3n) is 4.37. The van der Waals surface area contributed by atoms with E-state index in [1.54, 1.807) is 7.11 Å². The number of methoxy groups -OCH3 is 1. The van der Waals surface area contributed by atoms with E-state index in [0.717, 1.165) is 27.9 Å². The van der Waals surface area contributed by atoms with Crippen LogP contribution in [0.25, 0.3) is 22.2 Å². The van der Waals surface area contributed by atoms with Crippen LogP contribution in [-0.4, -0.2) is 17.3 Å². The lowest BCUT2D eigenvalue weighted by Crippen LogP contribution is -2.20. The zero-order chi connectivity index (χ0) is 18.6. The molecule has 0 amide bonds. The molecule has 4 aromatic rings. The van der Waals surface area contributed by atoms with Gasteiger partial charge in [-0.15, -0.1) is 0 Å². The number of aromatic nitrogens is 2. The van der Waals surface area contributed by atoms with Gasteiger partial charge in [0.05, 0.1) is 12.8 Å². The Hall–Kier alpha value is -3.38. The molecule has 0 unspecified atom stereocenters. The second-order valence-corrected chi connectivity index (χ2v) is 6.23.